The molecule has 3 rings (SSSR count). The smallest absolute Gasteiger partial charge is 0.252 e. The van der Waals surface area contributed by atoms with Crippen LogP contribution >= 0.6 is 0 Å². The summed E-state index contributed by atoms with van der Waals surface area (Å²) in [7, 11) is 0. The number of rotatable bonds is 3. The molecule has 1 aromatic rings. The summed E-state index contributed by atoms with van der Waals surface area (Å²) in [6, 6.07) is 5.11. The normalized spacial score (nSPS) is 18.6. The molecule has 29 heavy (non-hydrogen) atoms. The summed E-state index contributed by atoms with van der Waals surface area (Å²) in [5.41, 5.74) is 5.42. The van der Waals surface area contributed by atoms with E-state index in [4.69, 9.17) is 0 Å². The Bertz CT molecular complexity index is 765. The maximum Gasteiger partial charge on any atom is 0.252 e. The summed E-state index contributed by atoms with van der Waals surface area (Å²) in [6.45, 7) is 12.1. The monoisotopic (exact) mass is 400 g/mol. The summed E-state index contributed by atoms with van der Waals surface area (Å²) in [5.74, 6) is -0.972. The second-order valence-electron chi connectivity index (χ2n) is 6.92. The molecule has 5 nitrogen and oxygen atoms in total. The van der Waals surface area contributed by atoms with Crippen LogP contribution in [-0.2, 0) is 9.59 Å². The fourth-order valence-corrected chi connectivity index (χ4v) is 3.70. The van der Waals surface area contributed by atoms with E-state index in [0.717, 1.165) is 24.0 Å². The van der Waals surface area contributed by atoms with E-state index in [2.05, 4.69) is 23.6 Å². The van der Waals surface area contributed by atoms with E-state index in [1.54, 1.807) is 6.07 Å². The van der Waals surface area contributed by atoms with Crippen molar-refractivity contribution in [2.24, 2.45) is 0 Å². The molecular formula is C24H36N2O3. The molecule has 5 heteroatoms. The predicted octanol–water partition coefficient (Wildman–Crippen LogP) is 4.93. The summed E-state index contributed by atoms with van der Waals surface area (Å²) in [5, 5.41) is 5.04. The number of carbonyl (C=O) groups excluding carboxylic acids is 3. The number of imide groups is 1. The van der Waals surface area contributed by atoms with Crippen molar-refractivity contribution in [2.45, 2.75) is 86.1 Å². The van der Waals surface area contributed by atoms with Crippen molar-refractivity contribution in [1.82, 2.24) is 10.6 Å². The first-order valence-corrected chi connectivity index (χ1v) is 10.9. The zero-order valence-corrected chi connectivity index (χ0v) is 18.8. The Labute approximate surface area is 175 Å². The highest BCUT2D eigenvalue weighted by Crippen LogP contribution is 2.34. The quantitative estimate of drug-likeness (QED) is 0.707. The lowest BCUT2D eigenvalue weighted by Gasteiger charge is -2.23. The van der Waals surface area contributed by atoms with Crippen LogP contribution in [0.15, 0.2) is 23.8 Å². The number of piperidine rings is 1. The molecule has 2 N–H and O–H groups in total. The Morgan fingerprint density at radius 3 is 2.28 bits per heavy atom. The standard InChI is InChI=1S/C20H24N2O3.2C2H6/c1-12-6-3-4-7-14(12)15-8-5-9-16(13(15)2)19(24)21-17-10-11-18(23)22-20(17)25;2*1-2/h5,8-9,17H,3-4,6-7,10-11H2,1-2H3,(H,21,24)(H,22,23,25);2*1-2H3. The Hall–Kier alpha value is -2.43. The van der Waals surface area contributed by atoms with Crippen LogP contribution in [0.4, 0.5) is 0 Å². The molecule has 1 fully saturated rings. The molecule has 2 aliphatic rings. The van der Waals surface area contributed by atoms with Crippen molar-refractivity contribution in [1.29, 1.82) is 0 Å². The van der Waals surface area contributed by atoms with E-state index in [9.17, 15) is 14.4 Å². The third kappa shape index (κ3) is 6.28. The predicted molar refractivity (Wildman–Crippen MR) is 119 cm³/mol. The minimum absolute atomic E-state index is 0.252. The number of amides is 3. The van der Waals surface area contributed by atoms with Crippen molar-refractivity contribution in [3.63, 3.8) is 0 Å². The van der Waals surface area contributed by atoms with Gasteiger partial charge in [-0.05, 0) is 68.7 Å². The van der Waals surface area contributed by atoms with Crippen LogP contribution in [0.5, 0.6) is 0 Å². The third-order valence-electron chi connectivity index (χ3n) is 5.19. The topological polar surface area (TPSA) is 75.3 Å². The van der Waals surface area contributed by atoms with Gasteiger partial charge < -0.3 is 5.32 Å². The van der Waals surface area contributed by atoms with Gasteiger partial charge in [-0.2, -0.15) is 0 Å². The number of hydrogen-bond acceptors (Lipinski definition) is 3. The zero-order chi connectivity index (χ0) is 22.0. The molecule has 1 heterocycles. The number of nitrogens with one attached hydrogen (secondary N) is 2. The van der Waals surface area contributed by atoms with Gasteiger partial charge >= 0.3 is 0 Å². The number of allylic oxidation sites excluding steroid dienone is 2. The van der Waals surface area contributed by atoms with Crippen LogP contribution in [0.2, 0.25) is 0 Å². The molecule has 1 saturated heterocycles. The van der Waals surface area contributed by atoms with Gasteiger partial charge in [0.05, 0.1) is 0 Å². The first-order valence-electron chi connectivity index (χ1n) is 10.9. The van der Waals surface area contributed by atoms with Gasteiger partial charge in [0, 0.05) is 12.0 Å². The Balaban J connectivity index is 0.000000989. The molecular weight excluding hydrogens is 364 g/mol. The van der Waals surface area contributed by atoms with Crippen molar-refractivity contribution in [3.8, 4) is 0 Å². The summed E-state index contributed by atoms with van der Waals surface area (Å²) < 4.78 is 0. The lowest BCUT2D eigenvalue weighted by molar-refractivity contribution is -0.134. The average Bonchev–Trinajstić information content (AvgIpc) is 2.74. The molecule has 1 aromatic carbocycles. The largest absolute Gasteiger partial charge is 0.340 e. The van der Waals surface area contributed by atoms with Crippen LogP contribution in [0, 0.1) is 6.92 Å². The zero-order valence-electron chi connectivity index (χ0n) is 18.8. The second-order valence-corrected chi connectivity index (χ2v) is 6.92. The van der Waals surface area contributed by atoms with Crippen LogP contribution < -0.4 is 10.6 Å². The van der Waals surface area contributed by atoms with Gasteiger partial charge in [-0.3, -0.25) is 19.7 Å². The fourth-order valence-electron chi connectivity index (χ4n) is 3.70. The lowest BCUT2D eigenvalue weighted by atomic mass is 9.85. The van der Waals surface area contributed by atoms with Crippen LogP contribution in [0.1, 0.15) is 94.6 Å². The van der Waals surface area contributed by atoms with E-state index in [0.29, 0.717) is 12.0 Å². The number of benzene rings is 1. The molecule has 1 aliphatic carbocycles. The van der Waals surface area contributed by atoms with E-state index < -0.39 is 11.9 Å². The third-order valence-corrected chi connectivity index (χ3v) is 5.19. The van der Waals surface area contributed by atoms with Crippen molar-refractivity contribution < 1.29 is 14.4 Å². The molecule has 1 unspecified atom stereocenters. The van der Waals surface area contributed by atoms with Crippen molar-refractivity contribution in [3.05, 3.63) is 40.5 Å². The molecule has 3 amide bonds. The van der Waals surface area contributed by atoms with Crippen LogP contribution in [-0.4, -0.2) is 23.8 Å². The maximum atomic E-state index is 12.7. The highest BCUT2D eigenvalue weighted by molar-refractivity contribution is 6.04. The highest BCUT2D eigenvalue weighted by Gasteiger charge is 2.28. The molecule has 1 aliphatic heterocycles. The van der Waals surface area contributed by atoms with Gasteiger partial charge in [0.2, 0.25) is 11.8 Å². The molecule has 1 atom stereocenters. The molecule has 0 bridgehead atoms. The lowest BCUT2D eigenvalue weighted by Crippen LogP contribution is -2.52. The highest BCUT2D eigenvalue weighted by atomic mass is 16.2. The average molecular weight is 401 g/mol. The summed E-state index contributed by atoms with van der Waals surface area (Å²) >= 11 is 0. The van der Waals surface area contributed by atoms with E-state index >= 15 is 0 Å². The number of hydrogen-bond donors (Lipinski definition) is 2. The number of carbonyl (C=O) groups is 3. The summed E-state index contributed by atoms with van der Waals surface area (Å²) in [6.07, 6.45) is 5.16. The SMILES string of the molecule is CC.CC.CC1=C(c2cccc(C(=O)NC3CCC(=O)NC3=O)c2C)CCCC1. The van der Waals surface area contributed by atoms with Gasteiger partial charge in [0.1, 0.15) is 6.04 Å². The van der Waals surface area contributed by atoms with Gasteiger partial charge in [0.25, 0.3) is 5.91 Å². The molecule has 0 spiro atoms. The molecule has 160 valence electrons. The second kappa shape index (κ2) is 12.2. The van der Waals surface area contributed by atoms with E-state index in [1.165, 1.54) is 24.0 Å². The first-order chi connectivity index (χ1) is 14.0. The first kappa shape index (κ1) is 24.6. The van der Waals surface area contributed by atoms with Crippen LogP contribution in [0.3, 0.4) is 0 Å². The van der Waals surface area contributed by atoms with Crippen molar-refractivity contribution >= 4 is 23.3 Å². The van der Waals surface area contributed by atoms with Gasteiger partial charge in [-0.15, -0.1) is 0 Å². The van der Waals surface area contributed by atoms with Crippen LogP contribution in [0.25, 0.3) is 5.57 Å². The van der Waals surface area contributed by atoms with Crippen molar-refractivity contribution in [2.75, 3.05) is 0 Å². The molecule has 0 radical (unpaired) electrons. The van der Waals surface area contributed by atoms with Gasteiger partial charge in [0.15, 0.2) is 0 Å². The summed E-state index contributed by atoms with van der Waals surface area (Å²) in [4.78, 5) is 35.8. The maximum absolute atomic E-state index is 12.7. The Morgan fingerprint density at radius 2 is 1.66 bits per heavy atom. The van der Waals surface area contributed by atoms with Gasteiger partial charge in [-0.25, -0.2) is 0 Å². The minimum Gasteiger partial charge on any atom is -0.340 e. The molecule has 0 saturated carbocycles. The Kier molecular flexibility index (Phi) is 10.4. The minimum atomic E-state index is -0.649. The van der Waals surface area contributed by atoms with Gasteiger partial charge in [-0.1, -0.05) is 45.4 Å². The fraction of sp³-hybridized carbons (Fsp3) is 0.542. The Morgan fingerprint density at radius 1 is 1.00 bits per heavy atom. The molecule has 0 aromatic heterocycles. The van der Waals surface area contributed by atoms with E-state index in [1.807, 2.05) is 40.7 Å². The van der Waals surface area contributed by atoms with E-state index in [-0.39, 0.29) is 18.2 Å².